The number of pyridine rings is 1. The van der Waals surface area contributed by atoms with E-state index in [4.69, 9.17) is 5.73 Å². The molecular weight excluding hydrogens is 297 g/mol. The van der Waals surface area contributed by atoms with Crippen LogP contribution in [-0.2, 0) is 0 Å². The summed E-state index contributed by atoms with van der Waals surface area (Å²) in [5, 5.41) is 0. The first-order valence-electron chi connectivity index (χ1n) is 6.57. The van der Waals surface area contributed by atoms with E-state index in [1.807, 2.05) is 24.0 Å². The van der Waals surface area contributed by atoms with Gasteiger partial charge in [0.15, 0.2) is 0 Å². The van der Waals surface area contributed by atoms with Crippen molar-refractivity contribution in [2.24, 2.45) is 11.7 Å². The van der Waals surface area contributed by atoms with Crippen LogP contribution in [0.3, 0.4) is 0 Å². The van der Waals surface area contributed by atoms with E-state index in [-0.39, 0.29) is 36.8 Å². The molecule has 0 aromatic carbocycles. The molecule has 2 heterocycles. The van der Waals surface area contributed by atoms with E-state index in [1.54, 1.807) is 6.20 Å². The lowest BCUT2D eigenvalue weighted by Gasteiger charge is -2.39. The molecule has 4 nitrogen and oxygen atoms in total. The largest absolute Gasteiger partial charge is 0.333 e. The topological polar surface area (TPSA) is 59.2 Å². The summed E-state index contributed by atoms with van der Waals surface area (Å²) < 4.78 is 0. The molecule has 114 valence electrons. The molecule has 1 aromatic rings. The van der Waals surface area contributed by atoms with Gasteiger partial charge in [0.2, 0.25) is 0 Å². The highest BCUT2D eigenvalue weighted by atomic mass is 35.5. The molecule has 6 heteroatoms. The summed E-state index contributed by atoms with van der Waals surface area (Å²) >= 11 is 0. The minimum Gasteiger partial charge on any atom is -0.333 e. The zero-order chi connectivity index (χ0) is 13.1. The molecular formula is C14H23Cl2N3O. The molecule has 1 fully saturated rings. The second-order valence-corrected chi connectivity index (χ2v) is 5.09. The van der Waals surface area contributed by atoms with Crippen molar-refractivity contribution >= 4 is 30.7 Å². The fraction of sp³-hybridized carbons (Fsp3) is 0.571. The molecule has 2 N–H and O–H groups in total. The molecule has 2 unspecified atom stereocenters. The van der Waals surface area contributed by atoms with Gasteiger partial charge in [-0.15, -0.1) is 24.8 Å². The minimum atomic E-state index is 0. The summed E-state index contributed by atoms with van der Waals surface area (Å²) in [6.07, 6.45) is 3.87. The highest BCUT2D eigenvalue weighted by Gasteiger charge is 2.32. The molecule has 0 spiro atoms. The summed E-state index contributed by atoms with van der Waals surface area (Å²) in [5.74, 6) is 0.492. The Morgan fingerprint density at radius 1 is 1.50 bits per heavy atom. The number of carbonyl (C=O) groups is 1. The van der Waals surface area contributed by atoms with Crippen LogP contribution in [0.1, 0.15) is 35.8 Å². The first-order chi connectivity index (χ1) is 8.65. The molecule has 1 amide bonds. The molecule has 0 bridgehead atoms. The fourth-order valence-corrected chi connectivity index (χ4v) is 2.71. The van der Waals surface area contributed by atoms with E-state index in [9.17, 15) is 4.79 Å². The van der Waals surface area contributed by atoms with E-state index < -0.39 is 0 Å². The third-order valence-corrected chi connectivity index (χ3v) is 3.83. The van der Waals surface area contributed by atoms with Gasteiger partial charge in [-0.05, 0) is 37.3 Å². The van der Waals surface area contributed by atoms with Crippen LogP contribution in [0.5, 0.6) is 0 Å². The second-order valence-electron chi connectivity index (χ2n) is 5.09. The number of likely N-dealkylation sites (tertiary alicyclic amines) is 1. The van der Waals surface area contributed by atoms with Crippen molar-refractivity contribution in [1.82, 2.24) is 9.88 Å². The zero-order valence-electron chi connectivity index (χ0n) is 11.9. The van der Waals surface area contributed by atoms with Crippen LogP contribution in [0, 0.1) is 12.8 Å². The van der Waals surface area contributed by atoms with Crippen molar-refractivity contribution in [3.63, 3.8) is 0 Å². The molecule has 0 saturated carbocycles. The van der Waals surface area contributed by atoms with E-state index in [0.29, 0.717) is 18.2 Å². The van der Waals surface area contributed by atoms with Gasteiger partial charge in [0.05, 0.1) is 0 Å². The van der Waals surface area contributed by atoms with Crippen molar-refractivity contribution in [1.29, 1.82) is 0 Å². The summed E-state index contributed by atoms with van der Waals surface area (Å²) in [6, 6.07) is 3.92. The number of carbonyl (C=O) groups excluding carboxylic acids is 1. The number of halogens is 2. The van der Waals surface area contributed by atoms with Crippen LogP contribution in [0.4, 0.5) is 0 Å². The highest BCUT2D eigenvalue weighted by Crippen LogP contribution is 2.24. The second kappa shape index (κ2) is 8.45. The van der Waals surface area contributed by atoms with Crippen molar-refractivity contribution in [2.75, 3.05) is 13.1 Å². The normalized spacial score (nSPS) is 21.6. The lowest BCUT2D eigenvalue weighted by molar-refractivity contribution is 0.0526. The summed E-state index contributed by atoms with van der Waals surface area (Å²) in [7, 11) is 0. The molecule has 1 aliphatic rings. The molecule has 20 heavy (non-hydrogen) atoms. The van der Waals surface area contributed by atoms with Gasteiger partial charge in [0, 0.05) is 25.3 Å². The lowest BCUT2D eigenvalue weighted by atomic mass is 9.90. The average molecular weight is 320 g/mol. The standard InChI is InChI=1S/C14H21N3O.2ClH/c1-10-6-4-8-17(12(10)9-15)14(18)13-11(2)5-3-7-16-13;;/h3,5,7,10,12H,4,6,8-9,15H2,1-2H3;2*1H. The summed E-state index contributed by atoms with van der Waals surface area (Å²) in [5.41, 5.74) is 7.31. The predicted molar refractivity (Wildman–Crippen MR) is 85.7 cm³/mol. The van der Waals surface area contributed by atoms with Gasteiger partial charge in [0.1, 0.15) is 5.69 Å². The smallest absolute Gasteiger partial charge is 0.273 e. The van der Waals surface area contributed by atoms with E-state index >= 15 is 0 Å². The SMILES string of the molecule is Cc1cccnc1C(=O)N1CCCC(C)C1CN.Cl.Cl. The van der Waals surface area contributed by atoms with Gasteiger partial charge < -0.3 is 10.6 Å². The van der Waals surface area contributed by atoms with Crippen LogP contribution < -0.4 is 5.73 Å². The van der Waals surface area contributed by atoms with Crippen LogP contribution in [-0.4, -0.2) is 34.9 Å². The third-order valence-electron chi connectivity index (χ3n) is 3.83. The zero-order valence-corrected chi connectivity index (χ0v) is 13.5. The number of amides is 1. The first kappa shape index (κ1) is 19.2. The van der Waals surface area contributed by atoms with Crippen molar-refractivity contribution in [3.8, 4) is 0 Å². The Kier molecular flexibility index (Phi) is 8.09. The Hall–Kier alpha value is -0.840. The number of aromatic nitrogens is 1. The van der Waals surface area contributed by atoms with Crippen molar-refractivity contribution < 1.29 is 4.79 Å². The Morgan fingerprint density at radius 3 is 2.80 bits per heavy atom. The summed E-state index contributed by atoms with van der Waals surface area (Å²) in [6.45, 7) is 5.41. The molecule has 2 rings (SSSR count). The Morgan fingerprint density at radius 2 is 2.20 bits per heavy atom. The maximum atomic E-state index is 12.5. The minimum absolute atomic E-state index is 0. The summed E-state index contributed by atoms with van der Waals surface area (Å²) in [4.78, 5) is 18.7. The van der Waals surface area contributed by atoms with Crippen molar-refractivity contribution in [3.05, 3.63) is 29.6 Å². The maximum Gasteiger partial charge on any atom is 0.273 e. The molecule has 0 radical (unpaired) electrons. The predicted octanol–water partition coefficient (Wildman–Crippen LogP) is 2.43. The molecule has 1 aromatic heterocycles. The molecule has 2 atom stereocenters. The molecule has 0 aliphatic carbocycles. The van der Waals surface area contributed by atoms with Crippen molar-refractivity contribution in [2.45, 2.75) is 32.7 Å². The van der Waals surface area contributed by atoms with Gasteiger partial charge in [-0.2, -0.15) is 0 Å². The number of hydrogen-bond donors (Lipinski definition) is 1. The third kappa shape index (κ3) is 3.84. The van der Waals surface area contributed by atoms with Crippen LogP contribution in [0.2, 0.25) is 0 Å². The number of nitrogens with two attached hydrogens (primary N) is 1. The molecule has 1 saturated heterocycles. The lowest BCUT2D eigenvalue weighted by Crippen LogP contribution is -2.51. The van der Waals surface area contributed by atoms with Crippen LogP contribution >= 0.6 is 24.8 Å². The number of hydrogen-bond acceptors (Lipinski definition) is 3. The Labute approximate surface area is 132 Å². The van der Waals surface area contributed by atoms with E-state index in [0.717, 1.165) is 24.9 Å². The van der Waals surface area contributed by atoms with Gasteiger partial charge in [-0.25, -0.2) is 0 Å². The van der Waals surface area contributed by atoms with Gasteiger partial charge in [0.25, 0.3) is 5.91 Å². The van der Waals surface area contributed by atoms with Gasteiger partial charge in [-0.1, -0.05) is 13.0 Å². The van der Waals surface area contributed by atoms with E-state index in [1.165, 1.54) is 0 Å². The highest BCUT2D eigenvalue weighted by molar-refractivity contribution is 5.94. The van der Waals surface area contributed by atoms with Gasteiger partial charge in [-0.3, -0.25) is 9.78 Å². The first-order valence-corrected chi connectivity index (χ1v) is 6.57. The number of aryl methyl sites for hydroxylation is 1. The average Bonchev–Trinajstić information content (AvgIpc) is 2.38. The Bertz CT molecular complexity index is 442. The van der Waals surface area contributed by atoms with Crippen LogP contribution in [0.15, 0.2) is 18.3 Å². The number of rotatable bonds is 2. The van der Waals surface area contributed by atoms with Gasteiger partial charge >= 0.3 is 0 Å². The monoisotopic (exact) mass is 319 g/mol. The number of nitrogens with zero attached hydrogens (tertiary/aromatic N) is 2. The van der Waals surface area contributed by atoms with E-state index in [2.05, 4.69) is 11.9 Å². The Balaban J connectivity index is 0.00000180. The maximum absolute atomic E-state index is 12.5. The fourth-order valence-electron chi connectivity index (χ4n) is 2.71. The quantitative estimate of drug-likeness (QED) is 0.910. The van der Waals surface area contributed by atoms with Crippen LogP contribution in [0.25, 0.3) is 0 Å². The molecule has 1 aliphatic heterocycles. The number of piperidine rings is 1.